The van der Waals surface area contributed by atoms with Gasteiger partial charge in [-0.1, -0.05) is 18.6 Å². The van der Waals surface area contributed by atoms with E-state index in [2.05, 4.69) is 22.9 Å². The van der Waals surface area contributed by atoms with Crippen molar-refractivity contribution >= 4 is 34.5 Å². The third kappa shape index (κ3) is 8.09. The maximum atomic E-state index is 14.7. The minimum absolute atomic E-state index is 0.0130. The fourth-order valence-corrected chi connectivity index (χ4v) is 14.4. The second-order valence-electron chi connectivity index (χ2n) is 21.0. The molecule has 382 valence electrons. The number of ketones is 1. The molecule has 1 aromatic heterocycles. The number of aryl methyl sites for hydroxylation is 1. The summed E-state index contributed by atoms with van der Waals surface area (Å²) in [5.74, 6) is -3.42. The summed E-state index contributed by atoms with van der Waals surface area (Å²) in [6.07, 6.45) is 12.3. The molecule has 10 atom stereocenters. The van der Waals surface area contributed by atoms with Crippen LogP contribution in [0.1, 0.15) is 105 Å². The highest BCUT2D eigenvalue weighted by atomic mass is 16.6. The Balaban J connectivity index is 1.20. The second kappa shape index (κ2) is 20.2. The number of aliphatic hydroxyl groups is 5. The monoisotopic (exact) mass is 978 g/mol. The molecule has 71 heavy (non-hydrogen) atoms. The first-order chi connectivity index (χ1) is 34.5. The number of H-pyrrole nitrogens is 1. The summed E-state index contributed by atoms with van der Waals surface area (Å²) in [5.41, 5.74) is 1.54. The number of fused-ring (bicyclic) bond motifs is 11. The van der Waals surface area contributed by atoms with Gasteiger partial charge < -0.3 is 59.1 Å². The van der Waals surface area contributed by atoms with Crippen LogP contribution in [0.2, 0.25) is 0 Å². The first-order valence-corrected chi connectivity index (χ1v) is 26.1. The van der Waals surface area contributed by atoms with E-state index >= 15 is 0 Å². The van der Waals surface area contributed by atoms with Gasteiger partial charge in [0, 0.05) is 86.5 Å². The molecule has 3 fully saturated rings. The lowest BCUT2D eigenvalue weighted by Crippen LogP contribution is -2.72. The molecule has 6 N–H and O–H groups in total. The van der Waals surface area contributed by atoms with Crippen molar-refractivity contribution in [3.63, 3.8) is 0 Å². The van der Waals surface area contributed by atoms with Gasteiger partial charge in [-0.25, -0.2) is 4.79 Å². The van der Waals surface area contributed by atoms with Gasteiger partial charge >= 0.3 is 5.97 Å². The lowest BCUT2D eigenvalue weighted by atomic mass is 9.49. The Morgan fingerprint density at radius 2 is 1.87 bits per heavy atom. The van der Waals surface area contributed by atoms with Crippen LogP contribution in [0.25, 0.3) is 16.5 Å². The van der Waals surface area contributed by atoms with E-state index in [1.807, 2.05) is 30.5 Å². The number of carbonyl (C=O) groups is 3. The highest BCUT2D eigenvalue weighted by Gasteiger charge is 2.69. The normalized spacial score (nSPS) is 31.2. The molecule has 10 unspecified atom stereocenters. The number of aliphatic hydroxyl groups excluding tert-OH is 4. The van der Waals surface area contributed by atoms with Crippen LogP contribution in [0, 0.1) is 35.5 Å². The number of carbonyl (C=O) groups excluding carboxylic acids is 3. The first kappa shape index (κ1) is 49.7. The molecule has 2 aromatic carbocycles. The Kier molecular flexibility index (Phi) is 14.1. The third-order valence-corrected chi connectivity index (χ3v) is 17.6. The zero-order valence-corrected chi connectivity index (χ0v) is 41.3. The molecule has 5 heterocycles. The van der Waals surface area contributed by atoms with Crippen LogP contribution in [-0.2, 0) is 43.3 Å². The van der Waals surface area contributed by atoms with Crippen LogP contribution in [0.15, 0.2) is 53.5 Å². The average Bonchev–Trinajstić information content (AvgIpc) is 4.01. The predicted octanol–water partition coefficient (Wildman–Crippen LogP) is 5.65. The van der Waals surface area contributed by atoms with Crippen LogP contribution in [0.4, 0.5) is 0 Å². The molecule has 3 aromatic rings. The van der Waals surface area contributed by atoms with E-state index < -0.39 is 53.9 Å². The fourth-order valence-electron chi connectivity index (χ4n) is 14.4. The van der Waals surface area contributed by atoms with Gasteiger partial charge in [0.1, 0.15) is 28.6 Å². The standard InChI is InChI=1S/C56H70N2O13/c1-4-46-37-9-10-43-32(14-19-59)11-15-55(56(43,66)44(37)13-18-58(46)17-6-20-67-3)25-40-50(71-55)42(29-63)52-48-47(41(28-62)53(70-52)54(65)68-5-2)35-21-36(27-61)49(64)39(23-35)38-22-34-12-16-57-45(34)24-33(38)8-7-31(26-60)30-69-51(40)48/h11-12,15-16,22,24,28,31-32,36-37,39,43-44,46,57,59-61,63,66H,4-10,13-14,17-21,23,25-27,29-30H2,1-3H3. The Morgan fingerprint density at radius 1 is 1.03 bits per heavy atom. The van der Waals surface area contributed by atoms with Gasteiger partial charge in [0.05, 0.1) is 43.1 Å². The number of aromatic nitrogens is 1. The quantitative estimate of drug-likeness (QED) is 0.0529. The van der Waals surface area contributed by atoms with Gasteiger partial charge in [-0.05, 0) is 142 Å². The summed E-state index contributed by atoms with van der Waals surface area (Å²) in [5, 5.41) is 59.2. The van der Waals surface area contributed by atoms with Crippen LogP contribution < -0.4 is 14.2 Å². The molecule has 7 aliphatic rings. The van der Waals surface area contributed by atoms with Crippen LogP contribution in [-0.4, -0.2) is 131 Å². The molecule has 10 rings (SSSR count). The minimum Gasteiger partial charge on any atom is -0.492 e. The largest absolute Gasteiger partial charge is 0.492 e. The summed E-state index contributed by atoms with van der Waals surface area (Å²) < 4.78 is 32.1. The molecule has 0 amide bonds. The topological polar surface area (TPSA) is 218 Å². The van der Waals surface area contributed by atoms with Crippen molar-refractivity contribution in [3.8, 4) is 17.2 Å². The Morgan fingerprint density at radius 3 is 2.61 bits per heavy atom. The molecular formula is C56H70N2O13. The van der Waals surface area contributed by atoms with Crippen molar-refractivity contribution in [1.82, 2.24) is 9.88 Å². The number of aldehydes is 1. The fraction of sp³-hybridized carbons (Fsp3) is 0.589. The summed E-state index contributed by atoms with van der Waals surface area (Å²) >= 11 is 0. The molecular weight excluding hydrogens is 909 g/mol. The zero-order chi connectivity index (χ0) is 49.8. The molecule has 1 spiro atoms. The highest BCUT2D eigenvalue weighted by molar-refractivity contribution is 6.11. The maximum absolute atomic E-state index is 14.7. The van der Waals surface area contributed by atoms with Crippen LogP contribution >= 0.6 is 0 Å². The smallest absolute Gasteiger partial charge is 0.375 e. The summed E-state index contributed by atoms with van der Waals surface area (Å²) in [4.78, 5) is 48.4. The van der Waals surface area contributed by atoms with Crippen molar-refractivity contribution in [3.05, 3.63) is 81.3 Å². The van der Waals surface area contributed by atoms with Crippen molar-refractivity contribution in [1.29, 1.82) is 0 Å². The number of benzene rings is 2. The lowest BCUT2D eigenvalue weighted by molar-refractivity contribution is -0.232. The molecule has 2 saturated carbocycles. The van der Waals surface area contributed by atoms with E-state index in [0.717, 1.165) is 54.4 Å². The van der Waals surface area contributed by atoms with E-state index in [1.165, 1.54) is 0 Å². The molecule has 0 radical (unpaired) electrons. The number of nitrogens with one attached hydrogen (secondary N) is 1. The van der Waals surface area contributed by atoms with Crippen molar-refractivity contribution < 1.29 is 63.6 Å². The SMILES string of the molecule is CCOC(=O)C1=C(C=O)C2=C3CC(CO)C(=O)C(C3)c3cc4cc[nH]c4cc3CCC(CO)COc3c4c(c(CO)c(c32)O1)OC1(C=CC(CCO)C2CCC3C(CC)N(CCCOC)CCC3C21O)C4. The van der Waals surface area contributed by atoms with Gasteiger partial charge in [0.2, 0.25) is 5.76 Å². The van der Waals surface area contributed by atoms with E-state index in [1.54, 1.807) is 14.0 Å². The Hall–Kier alpha value is -4.87. The van der Waals surface area contributed by atoms with Gasteiger partial charge in [-0.3, -0.25) is 9.59 Å². The molecule has 15 heteroatoms. The molecule has 15 nitrogen and oxygen atoms in total. The van der Waals surface area contributed by atoms with E-state index in [-0.39, 0.29) is 110 Å². The number of Topliss-reactive ketones (excluding diaryl/α,β-unsaturated/α-hetero) is 1. The number of hydrogen-bond acceptors (Lipinski definition) is 14. The third-order valence-electron chi connectivity index (χ3n) is 17.6. The summed E-state index contributed by atoms with van der Waals surface area (Å²) in [6.45, 7) is 4.80. The number of ether oxygens (including phenoxy) is 5. The van der Waals surface area contributed by atoms with E-state index in [9.17, 15) is 39.9 Å². The van der Waals surface area contributed by atoms with Gasteiger partial charge in [0.15, 0.2) is 11.9 Å². The summed E-state index contributed by atoms with van der Waals surface area (Å²) in [7, 11) is 1.72. The molecule has 4 aliphatic heterocycles. The number of aromatic amines is 1. The number of likely N-dealkylation sites (tertiary alicyclic amines) is 1. The zero-order valence-electron chi connectivity index (χ0n) is 41.3. The molecule has 2 bridgehead atoms. The number of piperidine rings is 1. The predicted molar refractivity (Wildman–Crippen MR) is 263 cm³/mol. The van der Waals surface area contributed by atoms with Gasteiger partial charge in [-0.2, -0.15) is 0 Å². The Bertz CT molecular complexity index is 2650. The van der Waals surface area contributed by atoms with Gasteiger partial charge in [-0.15, -0.1) is 0 Å². The molecule has 3 aliphatic carbocycles. The molecule has 1 saturated heterocycles. The van der Waals surface area contributed by atoms with E-state index in [4.69, 9.17) is 23.7 Å². The Labute approximate surface area is 414 Å². The number of hydrogen-bond donors (Lipinski definition) is 6. The van der Waals surface area contributed by atoms with Crippen LogP contribution in [0.5, 0.6) is 17.2 Å². The number of allylic oxidation sites excluding steroid dienone is 4. The van der Waals surface area contributed by atoms with Gasteiger partial charge in [0.25, 0.3) is 0 Å². The minimum atomic E-state index is -1.46. The number of rotatable bonds is 13. The number of methoxy groups -OCH3 is 1. The van der Waals surface area contributed by atoms with Crippen LogP contribution in [0.3, 0.4) is 0 Å². The number of esters is 1. The average molecular weight is 979 g/mol. The summed E-state index contributed by atoms with van der Waals surface area (Å²) in [6, 6.07) is 6.21. The first-order valence-electron chi connectivity index (χ1n) is 26.1. The lowest BCUT2D eigenvalue weighted by Gasteiger charge is -2.63. The second-order valence-corrected chi connectivity index (χ2v) is 21.0. The maximum Gasteiger partial charge on any atom is 0.375 e. The highest BCUT2D eigenvalue weighted by Crippen LogP contribution is 2.65. The van der Waals surface area contributed by atoms with Crippen molar-refractivity contribution in [2.45, 2.75) is 114 Å². The van der Waals surface area contributed by atoms with Crippen molar-refractivity contribution in [2.24, 2.45) is 35.5 Å². The van der Waals surface area contributed by atoms with E-state index in [0.29, 0.717) is 67.3 Å². The van der Waals surface area contributed by atoms with Crippen molar-refractivity contribution in [2.75, 3.05) is 59.8 Å². The number of nitrogens with zero attached hydrogens (tertiary/aromatic N) is 1.